The van der Waals surface area contributed by atoms with Gasteiger partial charge in [0.25, 0.3) is 5.91 Å². The summed E-state index contributed by atoms with van der Waals surface area (Å²) in [5.74, 6) is -0.787. The number of fused-ring (bicyclic) bond motifs is 1. The molecule has 0 aliphatic carbocycles. The van der Waals surface area contributed by atoms with Gasteiger partial charge in [0, 0.05) is 28.6 Å². The lowest BCUT2D eigenvalue weighted by Gasteiger charge is -2.13. The number of aromatic nitrogens is 2. The van der Waals surface area contributed by atoms with Crippen LogP contribution in [0.3, 0.4) is 0 Å². The maximum Gasteiger partial charge on any atom is 0.417 e. The van der Waals surface area contributed by atoms with E-state index in [4.69, 9.17) is 0 Å². The van der Waals surface area contributed by atoms with Crippen molar-refractivity contribution in [1.82, 2.24) is 9.55 Å². The zero-order valence-corrected chi connectivity index (χ0v) is 16.5. The summed E-state index contributed by atoms with van der Waals surface area (Å²) in [4.78, 5) is 29.7. The number of carbonyl (C=O) groups is 1. The van der Waals surface area contributed by atoms with E-state index in [1.165, 1.54) is 18.3 Å². The normalized spacial score (nSPS) is 11.6. The van der Waals surface area contributed by atoms with Gasteiger partial charge >= 0.3 is 6.18 Å². The molecule has 0 saturated heterocycles. The van der Waals surface area contributed by atoms with Crippen LogP contribution >= 0.6 is 15.9 Å². The molecule has 3 aromatic rings. The van der Waals surface area contributed by atoms with Crippen LogP contribution < -0.4 is 10.7 Å². The van der Waals surface area contributed by atoms with E-state index in [1.54, 1.807) is 23.6 Å². The molecule has 1 N–H and O–H groups in total. The Kier molecular flexibility index (Phi) is 5.29. The topological polar surface area (TPSA) is 64.0 Å². The third kappa shape index (κ3) is 3.80. The van der Waals surface area contributed by atoms with Gasteiger partial charge in [-0.15, -0.1) is 0 Å². The highest BCUT2D eigenvalue weighted by molar-refractivity contribution is 9.10. The fourth-order valence-corrected chi connectivity index (χ4v) is 3.25. The maximum absolute atomic E-state index is 13.1. The predicted octanol–water partition coefficient (Wildman–Crippen LogP) is 4.76. The molecular formula is C19H15BrF3N3O2. The van der Waals surface area contributed by atoms with Crippen molar-refractivity contribution in [2.24, 2.45) is 0 Å². The van der Waals surface area contributed by atoms with Gasteiger partial charge in [-0.3, -0.25) is 9.59 Å². The predicted molar refractivity (Wildman–Crippen MR) is 104 cm³/mol. The molecule has 0 aliphatic rings. The minimum absolute atomic E-state index is 0.0647. The highest BCUT2D eigenvalue weighted by Gasteiger charge is 2.33. The first kappa shape index (κ1) is 20.1. The first-order valence-corrected chi connectivity index (χ1v) is 9.10. The van der Waals surface area contributed by atoms with Crippen molar-refractivity contribution in [3.05, 3.63) is 68.0 Å². The summed E-state index contributed by atoms with van der Waals surface area (Å²) < 4.78 is 40.7. The third-order valence-electron chi connectivity index (χ3n) is 4.18. The molecule has 0 saturated carbocycles. The van der Waals surface area contributed by atoms with Crippen LogP contribution in [0.25, 0.3) is 11.0 Å². The van der Waals surface area contributed by atoms with E-state index in [-0.39, 0.29) is 21.1 Å². The van der Waals surface area contributed by atoms with E-state index in [1.807, 2.05) is 6.92 Å². The van der Waals surface area contributed by atoms with Crippen LogP contribution in [0.1, 0.15) is 28.5 Å². The second kappa shape index (κ2) is 7.38. The van der Waals surface area contributed by atoms with Gasteiger partial charge in [-0.1, -0.05) is 15.9 Å². The summed E-state index contributed by atoms with van der Waals surface area (Å²) in [7, 11) is 0. The van der Waals surface area contributed by atoms with Crippen molar-refractivity contribution in [3.8, 4) is 0 Å². The number of halogens is 4. The fourth-order valence-electron chi connectivity index (χ4n) is 2.78. The Morgan fingerprint density at radius 2 is 1.96 bits per heavy atom. The van der Waals surface area contributed by atoms with Crippen molar-refractivity contribution in [2.45, 2.75) is 26.6 Å². The fraction of sp³-hybridized carbons (Fsp3) is 0.211. The second-order valence-corrected chi connectivity index (χ2v) is 6.98. The summed E-state index contributed by atoms with van der Waals surface area (Å²) >= 11 is 2.85. The Labute approximate surface area is 166 Å². The van der Waals surface area contributed by atoms with Crippen LogP contribution in [0.5, 0.6) is 0 Å². The standard InChI is InChI=1S/C19H15BrF3N3O2/c1-3-26-9-13(16(27)12-6-4-10(2)24-17(12)26)18(28)25-11-5-7-15(20)14(8-11)19(21,22)23/h4-9H,3H2,1-2H3,(H,25,28). The molecule has 2 heterocycles. The summed E-state index contributed by atoms with van der Waals surface area (Å²) in [5, 5.41) is 2.64. The van der Waals surface area contributed by atoms with E-state index in [9.17, 15) is 22.8 Å². The van der Waals surface area contributed by atoms with Crippen molar-refractivity contribution >= 4 is 38.6 Å². The number of nitrogens with one attached hydrogen (secondary N) is 1. The highest BCUT2D eigenvalue weighted by Crippen LogP contribution is 2.36. The van der Waals surface area contributed by atoms with Gasteiger partial charge in [-0.2, -0.15) is 13.2 Å². The number of pyridine rings is 2. The summed E-state index contributed by atoms with van der Waals surface area (Å²) in [6.45, 7) is 4.08. The highest BCUT2D eigenvalue weighted by atomic mass is 79.9. The van der Waals surface area contributed by atoms with Crippen LogP contribution in [0.2, 0.25) is 0 Å². The van der Waals surface area contributed by atoms with Crippen molar-refractivity contribution in [2.75, 3.05) is 5.32 Å². The van der Waals surface area contributed by atoms with Crippen LogP contribution in [0, 0.1) is 6.92 Å². The van der Waals surface area contributed by atoms with E-state index in [0.717, 1.165) is 11.8 Å². The van der Waals surface area contributed by atoms with Crippen LogP contribution in [-0.4, -0.2) is 15.5 Å². The van der Waals surface area contributed by atoms with E-state index < -0.39 is 23.1 Å². The number of amides is 1. The SMILES string of the molecule is CCn1cc(C(=O)Nc2ccc(Br)c(C(F)(F)F)c2)c(=O)c2ccc(C)nc21. The molecule has 0 unspecified atom stereocenters. The Morgan fingerprint density at radius 1 is 1.25 bits per heavy atom. The number of anilines is 1. The second-order valence-electron chi connectivity index (χ2n) is 6.13. The van der Waals surface area contributed by atoms with Gasteiger partial charge in [0.15, 0.2) is 0 Å². The monoisotopic (exact) mass is 453 g/mol. The molecule has 146 valence electrons. The zero-order chi connectivity index (χ0) is 20.6. The molecular weight excluding hydrogens is 439 g/mol. The smallest absolute Gasteiger partial charge is 0.332 e. The van der Waals surface area contributed by atoms with Crippen molar-refractivity contribution in [1.29, 1.82) is 0 Å². The number of rotatable bonds is 3. The van der Waals surface area contributed by atoms with E-state index in [0.29, 0.717) is 12.2 Å². The molecule has 5 nitrogen and oxygen atoms in total. The number of hydrogen-bond donors (Lipinski definition) is 1. The van der Waals surface area contributed by atoms with Crippen LogP contribution in [0.15, 0.2) is 45.8 Å². The van der Waals surface area contributed by atoms with Gasteiger partial charge < -0.3 is 9.88 Å². The molecule has 1 amide bonds. The van der Waals surface area contributed by atoms with Crippen molar-refractivity contribution < 1.29 is 18.0 Å². The van der Waals surface area contributed by atoms with Gasteiger partial charge in [0.05, 0.1) is 10.9 Å². The Balaban J connectivity index is 2.04. The first-order valence-electron chi connectivity index (χ1n) is 8.30. The number of hydrogen-bond acceptors (Lipinski definition) is 3. The van der Waals surface area contributed by atoms with Gasteiger partial charge in [0.2, 0.25) is 5.43 Å². The molecule has 1 aromatic carbocycles. The lowest BCUT2D eigenvalue weighted by Crippen LogP contribution is -2.24. The average Bonchev–Trinajstić information content (AvgIpc) is 2.62. The van der Waals surface area contributed by atoms with Crippen molar-refractivity contribution in [3.63, 3.8) is 0 Å². The van der Waals surface area contributed by atoms with Gasteiger partial charge in [-0.05, 0) is 44.2 Å². The molecule has 3 rings (SSSR count). The van der Waals surface area contributed by atoms with Crippen LogP contribution in [0.4, 0.5) is 18.9 Å². The van der Waals surface area contributed by atoms with Gasteiger partial charge in [0.1, 0.15) is 11.2 Å². The minimum Gasteiger partial charge on any atom is -0.332 e. The third-order valence-corrected chi connectivity index (χ3v) is 4.87. The molecule has 0 spiro atoms. The molecule has 0 aliphatic heterocycles. The lowest BCUT2D eigenvalue weighted by atomic mass is 10.1. The zero-order valence-electron chi connectivity index (χ0n) is 14.9. The molecule has 0 atom stereocenters. The lowest BCUT2D eigenvalue weighted by molar-refractivity contribution is -0.138. The summed E-state index contributed by atoms with van der Waals surface area (Å²) in [5.41, 5.74) is -0.512. The summed E-state index contributed by atoms with van der Waals surface area (Å²) in [6, 6.07) is 6.57. The van der Waals surface area contributed by atoms with Gasteiger partial charge in [-0.25, -0.2) is 4.98 Å². The Hall–Kier alpha value is -2.68. The maximum atomic E-state index is 13.1. The molecule has 2 aromatic heterocycles. The molecule has 0 fully saturated rings. The summed E-state index contributed by atoms with van der Waals surface area (Å²) in [6.07, 6.45) is -3.21. The number of benzene rings is 1. The van der Waals surface area contributed by atoms with Crippen LogP contribution in [-0.2, 0) is 12.7 Å². The number of carbonyl (C=O) groups excluding carboxylic acids is 1. The Bertz CT molecular complexity index is 1140. The Morgan fingerprint density at radius 3 is 2.61 bits per heavy atom. The number of nitrogens with zero attached hydrogens (tertiary/aromatic N) is 2. The quantitative estimate of drug-likeness (QED) is 0.621. The minimum atomic E-state index is -4.58. The molecule has 0 bridgehead atoms. The largest absolute Gasteiger partial charge is 0.417 e. The molecule has 28 heavy (non-hydrogen) atoms. The van der Waals surface area contributed by atoms with E-state index in [2.05, 4.69) is 26.2 Å². The molecule has 0 radical (unpaired) electrons. The van der Waals surface area contributed by atoms with E-state index >= 15 is 0 Å². The number of aryl methyl sites for hydroxylation is 2. The molecule has 9 heteroatoms. The average molecular weight is 454 g/mol. The first-order chi connectivity index (χ1) is 13.1. The number of alkyl halides is 3.